The Morgan fingerprint density at radius 1 is 1.26 bits per heavy atom. The largest absolute Gasteiger partial charge is 0.383 e. The van der Waals surface area contributed by atoms with Gasteiger partial charge >= 0.3 is 0 Å². The molecule has 1 unspecified atom stereocenters. The monoisotopic (exact) mass is 358 g/mol. The molecular weight excluding hydrogens is 344 g/mol. The van der Waals surface area contributed by atoms with E-state index in [0.717, 1.165) is 20.5 Å². The predicted molar refractivity (Wildman–Crippen MR) is 86.2 cm³/mol. The third-order valence-electron chi connectivity index (χ3n) is 3.00. The zero-order valence-electron chi connectivity index (χ0n) is 11.1. The van der Waals surface area contributed by atoms with Crippen LogP contribution in [0.3, 0.4) is 0 Å². The van der Waals surface area contributed by atoms with Gasteiger partial charge in [0, 0.05) is 9.35 Å². The minimum Gasteiger partial charge on any atom is -0.383 e. The van der Waals surface area contributed by atoms with Crippen LogP contribution in [-0.4, -0.2) is 5.11 Å². The molecule has 0 spiro atoms. The van der Waals surface area contributed by atoms with Crippen LogP contribution in [0.5, 0.6) is 0 Å². The van der Waals surface area contributed by atoms with Gasteiger partial charge in [-0.3, -0.25) is 0 Å². The fourth-order valence-electron chi connectivity index (χ4n) is 2.07. The first-order valence-corrected chi connectivity index (χ1v) is 8.01. The van der Waals surface area contributed by atoms with Crippen molar-refractivity contribution < 1.29 is 5.11 Å². The number of rotatable bonds is 2. The number of benzene rings is 1. The molecule has 4 heteroatoms. The highest BCUT2D eigenvalue weighted by atomic mass is 79.9. The fourth-order valence-corrected chi connectivity index (χ4v) is 3.81. The van der Waals surface area contributed by atoms with Crippen LogP contribution in [0.2, 0.25) is 4.34 Å². The summed E-state index contributed by atoms with van der Waals surface area (Å²) in [7, 11) is 0. The molecule has 0 saturated carbocycles. The normalized spacial score (nSPS) is 13.6. The summed E-state index contributed by atoms with van der Waals surface area (Å²) >= 11 is 10.8. The fraction of sp³-hybridized carbons (Fsp3) is 0.333. The molecule has 1 aromatic heterocycles. The molecular formula is C15H16BrClOS. The first-order valence-electron chi connectivity index (χ1n) is 6.03. The second-order valence-corrected chi connectivity index (χ2v) is 8.05. The van der Waals surface area contributed by atoms with Gasteiger partial charge in [-0.1, -0.05) is 56.6 Å². The van der Waals surface area contributed by atoms with Gasteiger partial charge in [0.05, 0.1) is 0 Å². The number of hydrogen-bond acceptors (Lipinski definition) is 2. The maximum absolute atomic E-state index is 10.6. The number of aliphatic hydroxyl groups excluding tert-OH is 1. The van der Waals surface area contributed by atoms with Crippen molar-refractivity contribution in [1.82, 2.24) is 0 Å². The van der Waals surface area contributed by atoms with E-state index in [1.165, 1.54) is 11.3 Å². The summed E-state index contributed by atoms with van der Waals surface area (Å²) in [5, 5.41) is 10.6. The van der Waals surface area contributed by atoms with Crippen molar-refractivity contribution in [2.45, 2.75) is 32.3 Å². The van der Waals surface area contributed by atoms with Crippen LogP contribution in [0.25, 0.3) is 0 Å². The van der Waals surface area contributed by atoms with Crippen LogP contribution in [0.4, 0.5) is 0 Å². The van der Waals surface area contributed by atoms with Crippen molar-refractivity contribution in [3.63, 3.8) is 0 Å². The molecule has 0 aliphatic rings. The summed E-state index contributed by atoms with van der Waals surface area (Å²) in [6.45, 7) is 6.45. The predicted octanol–water partition coefficient (Wildman–Crippen LogP) is 5.54. The van der Waals surface area contributed by atoms with Gasteiger partial charge in [0.1, 0.15) is 10.4 Å². The molecule has 102 valence electrons. The molecule has 1 N–H and O–H groups in total. The Labute approximate surface area is 131 Å². The summed E-state index contributed by atoms with van der Waals surface area (Å²) in [5.74, 6) is 0. The quantitative estimate of drug-likeness (QED) is 0.746. The third-order valence-corrected chi connectivity index (χ3v) is 5.52. The van der Waals surface area contributed by atoms with E-state index in [-0.39, 0.29) is 5.41 Å². The number of thiophene rings is 1. The SMILES string of the molecule is CC(C)(C)c1ccccc1C(O)c1cc(Br)c(Cl)s1. The second-order valence-electron chi connectivity index (χ2n) is 5.51. The highest BCUT2D eigenvalue weighted by Gasteiger charge is 2.23. The van der Waals surface area contributed by atoms with Crippen LogP contribution >= 0.6 is 38.9 Å². The molecule has 1 atom stereocenters. The van der Waals surface area contributed by atoms with Crippen LogP contribution in [0.15, 0.2) is 34.8 Å². The molecule has 1 aromatic carbocycles. The highest BCUT2D eigenvalue weighted by Crippen LogP contribution is 2.39. The van der Waals surface area contributed by atoms with E-state index in [4.69, 9.17) is 11.6 Å². The number of hydrogen-bond donors (Lipinski definition) is 1. The van der Waals surface area contributed by atoms with Crippen molar-refractivity contribution in [3.8, 4) is 0 Å². The van der Waals surface area contributed by atoms with Crippen molar-refractivity contribution in [1.29, 1.82) is 0 Å². The van der Waals surface area contributed by atoms with Crippen molar-refractivity contribution in [3.05, 3.63) is 55.1 Å². The Morgan fingerprint density at radius 3 is 2.42 bits per heavy atom. The van der Waals surface area contributed by atoms with Gasteiger partial charge in [-0.25, -0.2) is 0 Å². The van der Waals surface area contributed by atoms with E-state index >= 15 is 0 Å². The third kappa shape index (κ3) is 3.22. The molecule has 19 heavy (non-hydrogen) atoms. The van der Waals surface area contributed by atoms with Gasteiger partial charge < -0.3 is 5.11 Å². The van der Waals surface area contributed by atoms with Crippen molar-refractivity contribution in [2.24, 2.45) is 0 Å². The molecule has 2 rings (SSSR count). The lowest BCUT2D eigenvalue weighted by Gasteiger charge is -2.24. The van der Waals surface area contributed by atoms with E-state index in [2.05, 4.69) is 42.8 Å². The maximum Gasteiger partial charge on any atom is 0.114 e. The summed E-state index contributed by atoms with van der Waals surface area (Å²) in [5.41, 5.74) is 2.10. The topological polar surface area (TPSA) is 20.2 Å². The van der Waals surface area contributed by atoms with Crippen molar-refractivity contribution in [2.75, 3.05) is 0 Å². The molecule has 0 amide bonds. The summed E-state index contributed by atoms with van der Waals surface area (Å²) < 4.78 is 1.50. The Hall–Kier alpha value is -0.350. The Kier molecular flexibility index (Phi) is 4.41. The second kappa shape index (κ2) is 5.57. The maximum atomic E-state index is 10.6. The van der Waals surface area contributed by atoms with Crippen LogP contribution in [0, 0.1) is 0 Å². The van der Waals surface area contributed by atoms with E-state index in [1.54, 1.807) is 0 Å². The highest BCUT2D eigenvalue weighted by molar-refractivity contribution is 9.10. The summed E-state index contributed by atoms with van der Waals surface area (Å²) in [6.07, 6.45) is -0.635. The summed E-state index contributed by atoms with van der Waals surface area (Å²) in [6, 6.07) is 9.90. The van der Waals surface area contributed by atoms with Crippen LogP contribution in [0.1, 0.15) is 42.9 Å². The number of aliphatic hydroxyl groups is 1. The molecule has 1 nitrogen and oxygen atoms in total. The molecule has 0 aliphatic heterocycles. The molecule has 0 fully saturated rings. The van der Waals surface area contributed by atoms with E-state index in [1.807, 2.05) is 24.3 Å². The molecule has 1 heterocycles. The molecule has 0 saturated heterocycles. The Morgan fingerprint density at radius 2 is 1.89 bits per heavy atom. The Balaban J connectivity index is 2.47. The molecule has 2 aromatic rings. The van der Waals surface area contributed by atoms with E-state index < -0.39 is 6.10 Å². The standard InChI is InChI=1S/C15H16BrClOS/c1-15(2,3)10-7-5-4-6-9(10)13(18)12-8-11(16)14(17)19-12/h4-8,13,18H,1-3H3. The van der Waals surface area contributed by atoms with Crippen LogP contribution < -0.4 is 0 Å². The number of halogens is 2. The molecule has 0 aliphatic carbocycles. The first-order chi connectivity index (χ1) is 8.80. The average Bonchev–Trinajstić information content (AvgIpc) is 2.68. The molecule has 0 bridgehead atoms. The van der Waals surface area contributed by atoms with Crippen LogP contribution in [-0.2, 0) is 5.41 Å². The smallest absolute Gasteiger partial charge is 0.114 e. The molecule has 0 radical (unpaired) electrons. The van der Waals surface area contributed by atoms with Gasteiger partial charge in [0.2, 0.25) is 0 Å². The average molecular weight is 360 g/mol. The minimum atomic E-state index is -0.635. The van der Waals surface area contributed by atoms with Crippen molar-refractivity contribution >= 4 is 38.9 Å². The van der Waals surface area contributed by atoms with Gasteiger partial charge in [-0.15, -0.1) is 11.3 Å². The lowest BCUT2D eigenvalue weighted by Crippen LogP contribution is -2.16. The van der Waals surface area contributed by atoms with Gasteiger partial charge in [0.25, 0.3) is 0 Å². The van der Waals surface area contributed by atoms with Gasteiger partial charge in [-0.05, 0) is 38.5 Å². The lowest BCUT2D eigenvalue weighted by molar-refractivity contribution is 0.221. The lowest BCUT2D eigenvalue weighted by atomic mass is 9.82. The minimum absolute atomic E-state index is 0.00411. The van der Waals surface area contributed by atoms with Gasteiger partial charge in [0.15, 0.2) is 0 Å². The Bertz CT molecular complexity index is 567. The summed E-state index contributed by atoms with van der Waals surface area (Å²) in [4.78, 5) is 0.855. The van der Waals surface area contributed by atoms with Gasteiger partial charge in [-0.2, -0.15) is 0 Å². The zero-order chi connectivity index (χ0) is 14.2. The zero-order valence-corrected chi connectivity index (χ0v) is 14.2. The first kappa shape index (κ1) is 15.0. The van der Waals surface area contributed by atoms with E-state index in [9.17, 15) is 5.11 Å². The van der Waals surface area contributed by atoms with E-state index in [0.29, 0.717) is 4.34 Å².